The smallest absolute Gasteiger partial charge is 0.148 e. The molecule has 0 radical (unpaired) electrons. The van der Waals surface area contributed by atoms with E-state index in [1.165, 1.54) is 11.0 Å². The van der Waals surface area contributed by atoms with Gasteiger partial charge in [-0.3, -0.25) is 0 Å². The zero-order valence-corrected chi connectivity index (χ0v) is 10.5. The van der Waals surface area contributed by atoms with E-state index in [4.69, 9.17) is 0 Å². The van der Waals surface area contributed by atoms with E-state index in [1.807, 2.05) is 6.20 Å². The van der Waals surface area contributed by atoms with E-state index in [0.29, 0.717) is 5.69 Å². The van der Waals surface area contributed by atoms with Crippen LogP contribution in [0.25, 0.3) is 11.8 Å². The van der Waals surface area contributed by atoms with Crippen molar-refractivity contribution in [3.8, 4) is 5.69 Å². The number of halogens is 1. The minimum atomic E-state index is -0.267. The lowest BCUT2D eigenvalue weighted by molar-refractivity contribution is 0.611. The van der Waals surface area contributed by atoms with Crippen LogP contribution in [0.2, 0.25) is 0 Å². The predicted octanol–water partition coefficient (Wildman–Crippen LogP) is 2.65. The van der Waals surface area contributed by atoms with Gasteiger partial charge in [0.05, 0.1) is 6.20 Å². The Labute approximate surface area is 109 Å². The number of thioether (sulfide) groups is 1. The fourth-order valence-electron chi connectivity index (χ4n) is 1.83. The van der Waals surface area contributed by atoms with Gasteiger partial charge in [0.1, 0.15) is 11.5 Å². The average molecular weight is 261 g/mol. The molecular formula is C13H12FN3S. The highest BCUT2D eigenvalue weighted by molar-refractivity contribution is 8.03. The molecule has 1 aliphatic rings. The maximum Gasteiger partial charge on any atom is 0.148 e. The summed E-state index contributed by atoms with van der Waals surface area (Å²) >= 11 is 1.78. The van der Waals surface area contributed by atoms with Crippen LogP contribution in [0.1, 0.15) is 5.56 Å². The van der Waals surface area contributed by atoms with Crippen molar-refractivity contribution >= 4 is 17.8 Å². The summed E-state index contributed by atoms with van der Waals surface area (Å²) in [6, 6.07) is 6.62. The zero-order chi connectivity index (χ0) is 12.4. The molecule has 0 spiro atoms. The first kappa shape index (κ1) is 11.5. The highest BCUT2D eigenvalue weighted by atomic mass is 32.2. The maximum atomic E-state index is 13.6. The van der Waals surface area contributed by atoms with Crippen molar-refractivity contribution in [1.82, 2.24) is 15.1 Å². The molecule has 1 fully saturated rings. The molecule has 18 heavy (non-hydrogen) atoms. The lowest BCUT2D eigenvalue weighted by Crippen LogP contribution is -2.04. The molecule has 3 nitrogen and oxygen atoms in total. The van der Waals surface area contributed by atoms with Gasteiger partial charge in [0, 0.05) is 29.1 Å². The first-order valence-corrected chi connectivity index (χ1v) is 6.65. The standard InChI is InChI=1S/C13H12FN3S/c14-12-3-1-2-4-13(12)17-8-10(6-16-17)5-11-7-15-9-18-11/h1-6,8,15H,7,9H2/b11-5-. The van der Waals surface area contributed by atoms with Crippen molar-refractivity contribution in [3.05, 3.63) is 52.9 Å². The number of nitrogens with zero attached hydrogens (tertiary/aromatic N) is 2. The minimum Gasteiger partial charge on any atom is -0.303 e. The molecular weight excluding hydrogens is 249 g/mol. The van der Waals surface area contributed by atoms with Crippen LogP contribution in [-0.4, -0.2) is 22.2 Å². The average Bonchev–Trinajstić information content (AvgIpc) is 3.02. The summed E-state index contributed by atoms with van der Waals surface area (Å²) in [6.45, 7) is 0.898. The van der Waals surface area contributed by atoms with Gasteiger partial charge in [-0.15, -0.1) is 11.8 Å². The summed E-state index contributed by atoms with van der Waals surface area (Å²) in [5.74, 6) is 0.685. The van der Waals surface area contributed by atoms with Crippen molar-refractivity contribution in [2.75, 3.05) is 12.4 Å². The molecule has 3 rings (SSSR count). The van der Waals surface area contributed by atoms with Crippen LogP contribution in [0.3, 0.4) is 0 Å². The molecule has 0 aliphatic carbocycles. The van der Waals surface area contributed by atoms with E-state index in [0.717, 1.165) is 18.0 Å². The molecule has 5 heteroatoms. The van der Waals surface area contributed by atoms with Crippen molar-refractivity contribution in [3.63, 3.8) is 0 Å². The number of hydrogen-bond donors (Lipinski definition) is 1. The van der Waals surface area contributed by atoms with Gasteiger partial charge in [-0.1, -0.05) is 12.1 Å². The van der Waals surface area contributed by atoms with Crippen LogP contribution in [0.15, 0.2) is 41.6 Å². The third kappa shape index (κ3) is 2.32. The van der Waals surface area contributed by atoms with E-state index in [1.54, 1.807) is 40.8 Å². The summed E-state index contributed by atoms with van der Waals surface area (Å²) in [5, 5.41) is 7.44. The summed E-state index contributed by atoms with van der Waals surface area (Å²) in [7, 11) is 0. The Morgan fingerprint density at radius 2 is 2.28 bits per heavy atom. The molecule has 1 aromatic heterocycles. The van der Waals surface area contributed by atoms with Crippen molar-refractivity contribution in [2.45, 2.75) is 0 Å². The Bertz CT molecular complexity index is 583. The zero-order valence-electron chi connectivity index (χ0n) is 9.64. The summed E-state index contributed by atoms with van der Waals surface area (Å²) in [5.41, 5.74) is 1.46. The maximum absolute atomic E-state index is 13.6. The number of rotatable bonds is 2. The largest absolute Gasteiger partial charge is 0.303 e. The fraction of sp³-hybridized carbons (Fsp3) is 0.154. The summed E-state index contributed by atoms with van der Waals surface area (Å²) in [4.78, 5) is 1.28. The molecule has 1 aromatic carbocycles. The first-order chi connectivity index (χ1) is 8.83. The van der Waals surface area contributed by atoms with Gasteiger partial charge < -0.3 is 5.32 Å². The topological polar surface area (TPSA) is 29.9 Å². The van der Waals surface area contributed by atoms with Crippen LogP contribution in [0.5, 0.6) is 0 Å². The van der Waals surface area contributed by atoms with Crippen LogP contribution in [-0.2, 0) is 0 Å². The number of aromatic nitrogens is 2. The van der Waals surface area contributed by atoms with Gasteiger partial charge in [0.2, 0.25) is 0 Å². The molecule has 0 unspecified atom stereocenters. The van der Waals surface area contributed by atoms with E-state index >= 15 is 0 Å². The number of hydrogen-bond acceptors (Lipinski definition) is 3. The molecule has 92 valence electrons. The van der Waals surface area contributed by atoms with Crippen LogP contribution < -0.4 is 5.32 Å². The van der Waals surface area contributed by atoms with E-state index in [2.05, 4.69) is 16.5 Å². The summed E-state index contributed by atoms with van der Waals surface area (Å²) < 4.78 is 15.2. The van der Waals surface area contributed by atoms with Crippen LogP contribution in [0.4, 0.5) is 4.39 Å². The molecule has 2 aromatic rings. The second-order valence-electron chi connectivity index (χ2n) is 4.00. The van der Waals surface area contributed by atoms with Gasteiger partial charge in [-0.25, -0.2) is 9.07 Å². The lowest BCUT2D eigenvalue weighted by Gasteiger charge is -2.01. The third-order valence-electron chi connectivity index (χ3n) is 2.69. The van der Waals surface area contributed by atoms with Crippen molar-refractivity contribution in [1.29, 1.82) is 0 Å². The Morgan fingerprint density at radius 1 is 1.39 bits per heavy atom. The molecule has 1 N–H and O–H groups in total. The Balaban J connectivity index is 1.90. The molecule has 0 atom stereocenters. The number of nitrogens with one attached hydrogen (secondary N) is 1. The van der Waals surface area contributed by atoms with Gasteiger partial charge in [-0.05, 0) is 18.2 Å². The molecule has 0 saturated carbocycles. The van der Waals surface area contributed by atoms with Crippen molar-refractivity contribution < 1.29 is 4.39 Å². The highest BCUT2D eigenvalue weighted by Gasteiger charge is 2.08. The Morgan fingerprint density at radius 3 is 3.06 bits per heavy atom. The van der Waals surface area contributed by atoms with Crippen LogP contribution >= 0.6 is 11.8 Å². The third-order valence-corrected chi connectivity index (χ3v) is 3.67. The SMILES string of the molecule is Fc1ccccc1-n1cc(/C=C2/CNCS2)cn1. The van der Waals surface area contributed by atoms with E-state index in [-0.39, 0.29) is 5.82 Å². The molecule has 1 aliphatic heterocycles. The van der Waals surface area contributed by atoms with E-state index < -0.39 is 0 Å². The Kier molecular flexibility index (Phi) is 3.17. The number of para-hydroxylation sites is 1. The van der Waals surface area contributed by atoms with Crippen LogP contribution in [0, 0.1) is 5.82 Å². The minimum absolute atomic E-state index is 0.267. The monoisotopic (exact) mass is 261 g/mol. The van der Waals surface area contributed by atoms with E-state index in [9.17, 15) is 4.39 Å². The van der Waals surface area contributed by atoms with Crippen molar-refractivity contribution in [2.24, 2.45) is 0 Å². The second kappa shape index (κ2) is 4.96. The fourth-order valence-corrected chi connectivity index (χ4v) is 2.64. The number of benzene rings is 1. The molecule has 0 amide bonds. The molecule has 2 heterocycles. The highest BCUT2D eigenvalue weighted by Crippen LogP contribution is 2.22. The quantitative estimate of drug-likeness (QED) is 0.901. The first-order valence-electron chi connectivity index (χ1n) is 5.66. The van der Waals surface area contributed by atoms with Gasteiger partial charge >= 0.3 is 0 Å². The summed E-state index contributed by atoms with van der Waals surface area (Å²) in [6.07, 6.45) is 5.66. The Hall–Kier alpha value is -1.59. The van der Waals surface area contributed by atoms with Gasteiger partial charge in [-0.2, -0.15) is 5.10 Å². The predicted molar refractivity (Wildman–Crippen MR) is 72.0 cm³/mol. The van der Waals surface area contributed by atoms with Gasteiger partial charge in [0.15, 0.2) is 0 Å². The molecule has 1 saturated heterocycles. The normalized spacial score (nSPS) is 17.5. The molecule has 0 bridgehead atoms. The second-order valence-corrected chi connectivity index (χ2v) is 5.10. The van der Waals surface area contributed by atoms with Gasteiger partial charge in [0.25, 0.3) is 0 Å². The lowest BCUT2D eigenvalue weighted by atomic mass is 10.3.